The second-order valence-electron chi connectivity index (χ2n) is 3.86. The maximum absolute atomic E-state index is 13.1. The minimum absolute atomic E-state index is 0.0917. The molecule has 0 aliphatic heterocycles. The van der Waals surface area contributed by atoms with Crippen molar-refractivity contribution in [2.24, 2.45) is 0 Å². The fourth-order valence-corrected chi connectivity index (χ4v) is 2.18. The number of anilines is 1. The topological polar surface area (TPSA) is 64.1 Å². The highest BCUT2D eigenvalue weighted by atomic mass is 35.6. The fraction of sp³-hybridized carbons (Fsp3) is 0.182. The first kappa shape index (κ1) is 17.1. The lowest BCUT2D eigenvalue weighted by Gasteiger charge is -2.10. The molecule has 118 valence electrons. The van der Waals surface area contributed by atoms with Gasteiger partial charge in [-0.1, -0.05) is 46.1 Å². The van der Waals surface area contributed by atoms with Crippen LogP contribution < -0.4 is 5.32 Å². The van der Waals surface area contributed by atoms with E-state index in [1.807, 2.05) is 0 Å². The zero-order valence-electron chi connectivity index (χ0n) is 10.4. The number of carbonyl (C=O) groups excluding carboxylic acids is 1. The minimum Gasteiger partial charge on any atom is -0.445 e. The van der Waals surface area contributed by atoms with Gasteiger partial charge in [0.15, 0.2) is 11.6 Å². The summed E-state index contributed by atoms with van der Waals surface area (Å²) >= 11 is 17.2. The van der Waals surface area contributed by atoms with Gasteiger partial charge in [0, 0.05) is 5.56 Å². The van der Waals surface area contributed by atoms with Gasteiger partial charge >= 0.3 is 6.09 Å². The molecule has 0 radical (unpaired) electrons. The molecule has 0 atom stereocenters. The molecule has 0 fully saturated rings. The minimum atomic E-state index is -1.73. The molecule has 2 rings (SSSR count). The van der Waals surface area contributed by atoms with Gasteiger partial charge in [0.2, 0.25) is 8.92 Å². The monoisotopic (exact) mass is 387 g/mol. The molecule has 0 aliphatic carbocycles. The Balaban J connectivity index is 2.02. The highest BCUT2D eigenvalue weighted by molar-refractivity contribution is 7.18. The van der Waals surface area contributed by atoms with Crippen LogP contribution in [0.25, 0.3) is 10.6 Å². The number of alkyl halides is 3. The summed E-state index contributed by atoms with van der Waals surface area (Å²) in [5, 5.41) is 10.1. The third-order valence-corrected chi connectivity index (χ3v) is 3.38. The summed E-state index contributed by atoms with van der Waals surface area (Å²) in [7, 11) is 0. The van der Waals surface area contributed by atoms with Gasteiger partial charge in [0.05, 0.1) is 0 Å². The van der Waals surface area contributed by atoms with Crippen molar-refractivity contribution in [3.8, 4) is 10.6 Å². The van der Waals surface area contributed by atoms with E-state index in [1.54, 1.807) is 0 Å². The zero-order valence-corrected chi connectivity index (χ0v) is 13.5. The first-order valence-electron chi connectivity index (χ1n) is 5.54. The first-order valence-corrected chi connectivity index (χ1v) is 7.49. The van der Waals surface area contributed by atoms with E-state index in [0.29, 0.717) is 5.56 Å². The Morgan fingerprint density at radius 2 is 2.00 bits per heavy atom. The number of aromatic nitrogens is 2. The number of hydrogen-bond donors (Lipinski definition) is 1. The van der Waals surface area contributed by atoms with Crippen LogP contribution in [0.15, 0.2) is 18.2 Å². The number of ether oxygens (including phenoxy) is 1. The normalized spacial score (nSPS) is 11.3. The third-order valence-electron chi connectivity index (χ3n) is 2.17. The molecule has 0 spiro atoms. The predicted molar refractivity (Wildman–Crippen MR) is 80.5 cm³/mol. The molecular formula is C11H6Cl3F2N3O2S. The smallest absolute Gasteiger partial charge is 0.413 e. The molecule has 0 saturated carbocycles. The van der Waals surface area contributed by atoms with Crippen molar-refractivity contribution in [1.29, 1.82) is 0 Å². The van der Waals surface area contributed by atoms with Crippen molar-refractivity contribution >= 4 is 57.4 Å². The molecule has 1 N–H and O–H groups in total. The third kappa shape index (κ3) is 4.91. The van der Waals surface area contributed by atoms with Crippen LogP contribution in [-0.4, -0.2) is 26.7 Å². The van der Waals surface area contributed by atoms with Crippen LogP contribution in [0.3, 0.4) is 0 Å². The lowest BCUT2D eigenvalue weighted by molar-refractivity contribution is 0.164. The summed E-state index contributed by atoms with van der Waals surface area (Å²) in [6, 6.07) is 3.28. The number of benzene rings is 1. The molecule has 0 aliphatic rings. The SMILES string of the molecule is O=C(Nc1nnc(-c2ccc(F)c(F)c2)s1)OCC(Cl)(Cl)Cl. The van der Waals surface area contributed by atoms with Crippen molar-refractivity contribution < 1.29 is 18.3 Å². The molecule has 1 aromatic carbocycles. The van der Waals surface area contributed by atoms with Crippen LogP contribution in [0.1, 0.15) is 0 Å². The van der Waals surface area contributed by atoms with Gasteiger partial charge in [-0.25, -0.2) is 13.6 Å². The molecule has 11 heteroatoms. The van der Waals surface area contributed by atoms with Gasteiger partial charge in [0.1, 0.15) is 11.6 Å². The predicted octanol–water partition coefficient (Wildman–Crippen LogP) is 4.40. The highest BCUT2D eigenvalue weighted by Gasteiger charge is 2.22. The van der Waals surface area contributed by atoms with Crippen LogP contribution in [0.4, 0.5) is 18.7 Å². The molecule has 1 heterocycles. The van der Waals surface area contributed by atoms with E-state index in [0.717, 1.165) is 23.5 Å². The molecule has 0 unspecified atom stereocenters. The van der Waals surface area contributed by atoms with Gasteiger partial charge in [-0.3, -0.25) is 5.32 Å². The molecule has 5 nitrogen and oxygen atoms in total. The van der Waals surface area contributed by atoms with E-state index >= 15 is 0 Å². The molecule has 0 saturated heterocycles. The molecule has 0 bridgehead atoms. The maximum Gasteiger partial charge on any atom is 0.413 e. The Morgan fingerprint density at radius 1 is 1.27 bits per heavy atom. The van der Waals surface area contributed by atoms with Crippen molar-refractivity contribution in [3.63, 3.8) is 0 Å². The van der Waals surface area contributed by atoms with E-state index in [9.17, 15) is 13.6 Å². The second-order valence-corrected chi connectivity index (χ2v) is 7.35. The van der Waals surface area contributed by atoms with Crippen LogP contribution in [0.5, 0.6) is 0 Å². The summed E-state index contributed by atoms with van der Waals surface area (Å²) < 4.78 is 28.9. The number of rotatable bonds is 3. The number of nitrogens with zero attached hydrogens (tertiary/aromatic N) is 2. The maximum atomic E-state index is 13.1. The van der Waals surface area contributed by atoms with E-state index in [2.05, 4.69) is 20.3 Å². The summed E-state index contributed by atoms with van der Waals surface area (Å²) in [5.41, 5.74) is 0.319. The van der Waals surface area contributed by atoms with Crippen molar-refractivity contribution in [2.45, 2.75) is 3.79 Å². The standard InChI is InChI=1S/C11H6Cl3F2N3O2S/c12-11(13,14)4-21-10(20)17-9-19-18-8(22-9)5-1-2-6(15)7(16)3-5/h1-3H,4H2,(H,17,19,20). The van der Waals surface area contributed by atoms with Crippen molar-refractivity contribution in [2.75, 3.05) is 11.9 Å². The van der Waals surface area contributed by atoms with E-state index < -0.39 is 28.1 Å². The summed E-state index contributed by atoms with van der Waals surface area (Å²) in [5.74, 6) is -1.98. The second kappa shape index (κ2) is 6.91. The fourth-order valence-electron chi connectivity index (χ4n) is 1.29. The molecule has 1 aromatic heterocycles. The van der Waals surface area contributed by atoms with Crippen LogP contribution in [0.2, 0.25) is 0 Å². The molecule has 1 amide bonds. The average Bonchev–Trinajstić information content (AvgIpc) is 2.87. The Morgan fingerprint density at radius 3 is 2.64 bits per heavy atom. The Bertz CT molecular complexity index is 693. The van der Waals surface area contributed by atoms with Gasteiger partial charge < -0.3 is 4.74 Å². The largest absolute Gasteiger partial charge is 0.445 e. The van der Waals surface area contributed by atoms with E-state index in [1.165, 1.54) is 6.07 Å². The number of carbonyl (C=O) groups is 1. The highest BCUT2D eigenvalue weighted by Crippen LogP contribution is 2.28. The molecule has 2 aromatic rings. The quantitative estimate of drug-likeness (QED) is 0.792. The first-order chi connectivity index (χ1) is 10.2. The average molecular weight is 389 g/mol. The molecule has 22 heavy (non-hydrogen) atoms. The number of nitrogens with one attached hydrogen (secondary N) is 1. The van der Waals surface area contributed by atoms with Gasteiger partial charge in [-0.15, -0.1) is 10.2 Å². The van der Waals surface area contributed by atoms with Crippen LogP contribution in [-0.2, 0) is 4.74 Å². The van der Waals surface area contributed by atoms with Crippen molar-refractivity contribution in [3.05, 3.63) is 29.8 Å². The van der Waals surface area contributed by atoms with Gasteiger partial charge in [-0.05, 0) is 18.2 Å². The zero-order chi connectivity index (χ0) is 16.3. The number of halogens is 5. The van der Waals surface area contributed by atoms with E-state index in [-0.39, 0.29) is 10.1 Å². The lowest BCUT2D eigenvalue weighted by Crippen LogP contribution is -2.21. The van der Waals surface area contributed by atoms with Crippen molar-refractivity contribution in [1.82, 2.24) is 10.2 Å². The molecular weight excluding hydrogens is 383 g/mol. The Labute approximate surface area is 142 Å². The van der Waals surface area contributed by atoms with Crippen LogP contribution in [0, 0.1) is 11.6 Å². The number of amides is 1. The van der Waals surface area contributed by atoms with Gasteiger partial charge in [0.25, 0.3) is 0 Å². The summed E-state index contributed by atoms with van der Waals surface area (Å²) in [4.78, 5) is 11.4. The van der Waals surface area contributed by atoms with Gasteiger partial charge in [-0.2, -0.15) is 0 Å². The summed E-state index contributed by atoms with van der Waals surface area (Å²) in [6.45, 7) is -0.446. The van der Waals surface area contributed by atoms with Crippen LogP contribution >= 0.6 is 46.1 Å². The number of hydrogen-bond acceptors (Lipinski definition) is 5. The summed E-state index contributed by atoms with van der Waals surface area (Å²) in [6.07, 6.45) is -0.890. The van der Waals surface area contributed by atoms with E-state index in [4.69, 9.17) is 34.8 Å². The lowest BCUT2D eigenvalue weighted by atomic mass is 10.2. The Hall–Kier alpha value is -1.22. The Kier molecular flexibility index (Phi) is 5.38.